The SMILES string of the molecule is COCCO[C@@H](Cn1c(=O)n([C@]2(C)CCC(=O)NC2)c(=O)c2c(C)c(-n3nccn3)sc21)c1cc(F)ccc1OC. The Bertz CT molecular complexity index is 1690. The molecule has 14 heteroatoms. The minimum atomic E-state index is -0.973. The number of methoxy groups -OCH3 is 2. The van der Waals surface area contributed by atoms with Crippen LogP contribution < -0.4 is 21.3 Å². The molecule has 4 aromatic rings. The number of hydrogen-bond donors (Lipinski definition) is 1. The maximum Gasteiger partial charge on any atom is 0.332 e. The molecule has 1 fully saturated rings. The highest BCUT2D eigenvalue weighted by atomic mass is 32.1. The fourth-order valence-electron chi connectivity index (χ4n) is 5.16. The first kappa shape index (κ1) is 28.6. The molecule has 0 spiro atoms. The average molecular weight is 587 g/mol. The minimum Gasteiger partial charge on any atom is -0.496 e. The van der Waals surface area contributed by atoms with Crippen LogP contribution in [0.15, 0.2) is 40.2 Å². The first-order valence-electron chi connectivity index (χ1n) is 13.1. The van der Waals surface area contributed by atoms with Gasteiger partial charge in [0.1, 0.15) is 27.5 Å². The summed E-state index contributed by atoms with van der Waals surface area (Å²) in [6.07, 6.45) is 2.69. The topological polar surface area (TPSA) is 132 Å². The molecule has 1 saturated heterocycles. The van der Waals surface area contributed by atoms with Crippen LogP contribution >= 0.6 is 11.3 Å². The van der Waals surface area contributed by atoms with Gasteiger partial charge in [-0.15, -0.1) is 4.80 Å². The second-order valence-electron chi connectivity index (χ2n) is 10.1. The van der Waals surface area contributed by atoms with E-state index in [2.05, 4.69) is 15.5 Å². The average Bonchev–Trinajstić information content (AvgIpc) is 3.60. The van der Waals surface area contributed by atoms with E-state index in [1.54, 1.807) is 13.8 Å². The number of rotatable bonds is 10. The number of ether oxygens (including phenoxy) is 3. The molecule has 0 aliphatic carbocycles. The normalized spacial score (nSPS) is 18.0. The van der Waals surface area contributed by atoms with Crippen molar-refractivity contribution >= 4 is 27.5 Å². The van der Waals surface area contributed by atoms with Gasteiger partial charge in [-0.3, -0.25) is 18.7 Å². The first-order chi connectivity index (χ1) is 19.7. The predicted octanol–water partition coefficient (Wildman–Crippen LogP) is 2.29. The number of thiophene rings is 1. The maximum absolute atomic E-state index is 14.5. The number of piperidine rings is 1. The largest absolute Gasteiger partial charge is 0.496 e. The van der Waals surface area contributed by atoms with E-state index in [4.69, 9.17) is 14.2 Å². The monoisotopic (exact) mass is 586 g/mol. The first-order valence-corrected chi connectivity index (χ1v) is 13.9. The molecule has 4 heterocycles. The van der Waals surface area contributed by atoms with E-state index in [-0.39, 0.29) is 38.6 Å². The third-order valence-corrected chi connectivity index (χ3v) is 8.66. The lowest BCUT2D eigenvalue weighted by atomic mass is 9.91. The van der Waals surface area contributed by atoms with Gasteiger partial charge in [0, 0.05) is 31.2 Å². The molecule has 12 nitrogen and oxygen atoms in total. The molecule has 3 aromatic heterocycles. The Morgan fingerprint density at radius 3 is 2.59 bits per heavy atom. The van der Waals surface area contributed by atoms with Crippen molar-refractivity contribution in [3.05, 3.63) is 68.4 Å². The summed E-state index contributed by atoms with van der Waals surface area (Å²) >= 11 is 1.20. The van der Waals surface area contributed by atoms with E-state index in [0.29, 0.717) is 38.5 Å². The van der Waals surface area contributed by atoms with Gasteiger partial charge in [0.05, 0.1) is 50.2 Å². The van der Waals surface area contributed by atoms with Crippen LogP contribution in [0.1, 0.15) is 37.0 Å². The summed E-state index contributed by atoms with van der Waals surface area (Å²) in [5.74, 6) is -0.245. The Hall–Kier alpha value is -3.88. The van der Waals surface area contributed by atoms with Crippen LogP contribution in [0.25, 0.3) is 15.2 Å². The summed E-state index contributed by atoms with van der Waals surface area (Å²) in [6, 6.07) is 4.09. The van der Waals surface area contributed by atoms with Crippen LogP contribution in [0, 0.1) is 12.7 Å². The Morgan fingerprint density at radius 1 is 1.17 bits per heavy atom. The van der Waals surface area contributed by atoms with Gasteiger partial charge >= 0.3 is 5.69 Å². The molecule has 0 saturated carbocycles. The number of nitrogens with zero attached hydrogens (tertiary/aromatic N) is 5. The molecule has 1 amide bonds. The highest BCUT2D eigenvalue weighted by Gasteiger charge is 2.37. The van der Waals surface area contributed by atoms with E-state index < -0.39 is 28.7 Å². The van der Waals surface area contributed by atoms with Gasteiger partial charge in [-0.1, -0.05) is 11.3 Å². The number of fused-ring (bicyclic) bond motifs is 1. The zero-order valence-corrected chi connectivity index (χ0v) is 24.0. The molecule has 2 atom stereocenters. The second kappa shape index (κ2) is 11.5. The minimum absolute atomic E-state index is 0.0620. The van der Waals surface area contributed by atoms with Crippen molar-refractivity contribution in [3.63, 3.8) is 0 Å². The number of aryl methyl sites for hydroxylation is 1. The van der Waals surface area contributed by atoms with Crippen LogP contribution in [-0.2, 0) is 26.4 Å². The van der Waals surface area contributed by atoms with Gasteiger partial charge in [-0.05, 0) is 38.5 Å². The van der Waals surface area contributed by atoms with Gasteiger partial charge in [0.25, 0.3) is 5.56 Å². The van der Waals surface area contributed by atoms with Crippen molar-refractivity contribution in [1.29, 1.82) is 0 Å². The van der Waals surface area contributed by atoms with Gasteiger partial charge in [-0.2, -0.15) is 10.2 Å². The predicted molar refractivity (Wildman–Crippen MR) is 149 cm³/mol. The van der Waals surface area contributed by atoms with Crippen molar-refractivity contribution in [3.8, 4) is 10.8 Å². The number of carbonyl (C=O) groups excluding carboxylic acids is 1. The van der Waals surface area contributed by atoms with E-state index in [0.717, 1.165) is 0 Å². The van der Waals surface area contributed by atoms with Gasteiger partial charge in [0.15, 0.2) is 0 Å². The molecule has 5 rings (SSSR count). The molecule has 218 valence electrons. The summed E-state index contributed by atoms with van der Waals surface area (Å²) in [6.45, 7) is 4.05. The quantitative estimate of drug-likeness (QED) is 0.280. The molecule has 0 bridgehead atoms. The molecule has 1 aliphatic heterocycles. The van der Waals surface area contributed by atoms with E-state index in [1.807, 2.05) is 0 Å². The lowest BCUT2D eigenvalue weighted by molar-refractivity contribution is -0.124. The van der Waals surface area contributed by atoms with E-state index in [9.17, 15) is 18.8 Å². The lowest BCUT2D eigenvalue weighted by Gasteiger charge is -2.35. The molecule has 1 aromatic carbocycles. The van der Waals surface area contributed by atoms with Crippen molar-refractivity contribution in [2.24, 2.45) is 0 Å². The third kappa shape index (κ3) is 5.29. The number of amides is 1. The highest BCUT2D eigenvalue weighted by Crippen LogP contribution is 2.34. The number of aromatic nitrogens is 5. The second-order valence-corrected chi connectivity index (χ2v) is 11.1. The molecule has 0 radical (unpaired) electrons. The summed E-state index contributed by atoms with van der Waals surface area (Å²) < 4.78 is 34.0. The molecule has 1 N–H and O–H groups in total. The fraction of sp³-hybridized carbons (Fsp3) is 0.444. The third-order valence-electron chi connectivity index (χ3n) is 7.38. The smallest absolute Gasteiger partial charge is 0.332 e. The number of benzene rings is 1. The maximum atomic E-state index is 14.5. The summed E-state index contributed by atoms with van der Waals surface area (Å²) in [5, 5.41) is 12.2. The number of halogens is 1. The number of nitrogens with one attached hydrogen (secondary N) is 1. The molecule has 41 heavy (non-hydrogen) atoms. The molecule has 0 unspecified atom stereocenters. The van der Waals surface area contributed by atoms with E-state index >= 15 is 0 Å². The summed E-state index contributed by atoms with van der Waals surface area (Å²) in [5.41, 5.74) is -0.998. The van der Waals surface area contributed by atoms with Gasteiger partial charge in [0.2, 0.25) is 5.91 Å². The zero-order chi connectivity index (χ0) is 29.3. The van der Waals surface area contributed by atoms with Gasteiger partial charge in [-0.25, -0.2) is 9.18 Å². The summed E-state index contributed by atoms with van der Waals surface area (Å²) in [7, 11) is 3.01. The van der Waals surface area contributed by atoms with Crippen molar-refractivity contribution in [2.75, 3.05) is 34.0 Å². The Morgan fingerprint density at radius 2 is 1.93 bits per heavy atom. The van der Waals surface area contributed by atoms with Crippen LogP contribution in [0.5, 0.6) is 5.75 Å². The fourth-order valence-corrected chi connectivity index (χ4v) is 6.38. The summed E-state index contributed by atoms with van der Waals surface area (Å²) in [4.78, 5) is 42.2. The Labute approximate surface area is 238 Å². The van der Waals surface area contributed by atoms with Crippen molar-refractivity contribution < 1.29 is 23.4 Å². The highest BCUT2D eigenvalue weighted by molar-refractivity contribution is 7.21. The van der Waals surface area contributed by atoms with E-state index in [1.165, 1.54) is 70.1 Å². The van der Waals surface area contributed by atoms with Crippen LogP contribution in [0.3, 0.4) is 0 Å². The van der Waals surface area contributed by atoms with Crippen molar-refractivity contribution in [1.82, 2.24) is 29.4 Å². The standard InChI is InChI=1S/C27H31FN6O6S/c1-16-22-23(36)33(27(2)8-7-21(35)29-15-27)26(37)32(25(22)41-24(16)34-30-9-10-31-34)14-20(40-12-11-38-3)18-13-17(28)5-6-19(18)39-4/h5-6,9-10,13,20H,7-8,11-12,14-15H2,1-4H3,(H,29,35)/t20-,27+/m0/s1. The van der Waals surface area contributed by atoms with Crippen LogP contribution in [0.4, 0.5) is 4.39 Å². The number of hydrogen-bond acceptors (Lipinski definition) is 9. The lowest BCUT2D eigenvalue weighted by Crippen LogP contribution is -2.57. The number of carbonyl (C=O) groups is 1. The van der Waals surface area contributed by atoms with Crippen molar-refractivity contribution in [2.45, 2.75) is 44.9 Å². The molecular formula is C27H31FN6O6S. The molecular weight excluding hydrogens is 555 g/mol. The molecule has 1 aliphatic rings. The Kier molecular flexibility index (Phi) is 8.07. The van der Waals surface area contributed by atoms with Crippen LogP contribution in [0.2, 0.25) is 0 Å². The zero-order valence-electron chi connectivity index (χ0n) is 23.2. The van der Waals surface area contributed by atoms with Gasteiger partial charge < -0.3 is 19.5 Å². The Balaban J connectivity index is 1.75. The van der Waals surface area contributed by atoms with Crippen LogP contribution in [-0.4, -0.2) is 64.0 Å².